The molecular formula is C19H21ClN2O6S. The third-order valence-corrected chi connectivity index (χ3v) is 5.57. The van der Waals surface area contributed by atoms with Crippen molar-refractivity contribution in [3.8, 4) is 5.75 Å². The predicted octanol–water partition coefficient (Wildman–Crippen LogP) is 2.72. The molecule has 10 heteroatoms. The van der Waals surface area contributed by atoms with Crippen LogP contribution in [0.1, 0.15) is 19.4 Å². The number of hydrogen-bond donors (Lipinski definition) is 2. The minimum Gasteiger partial charge on any atom is -0.496 e. The molecule has 156 valence electrons. The number of carbonyl (C=O) groups is 2. The molecule has 0 aliphatic carbocycles. The first-order valence-electron chi connectivity index (χ1n) is 8.51. The second-order valence-electron chi connectivity index (χ2n) is 6.11. The van der Waals surface area contributed by atoms with Crippen molar-refractivity contribution in [1.29, 1.82) is 0 Å². The minimum absolute atomic E-state index is 0.0530. The Kier molecular flexibility index (Phi) is 7.60. The third kappa shape index (κ3) is 6.45. The van der Waals surface area contributed by atoms with Crippen LogP contribution in [0.3, 0.4) is 0 Å². The van der Waals surface area contributed by atoms with Gasteiger partial charge in [0.25, 0.3) is 0 Å². The second-order valence-corrected chi connectivity index (χ2v) is 8.26. The highest BCUT2D eigenvalue weighted by atomic mass is 35.5. The van der Waals surface area contributed by atoms with Crippen molar-refractivity contribution in [3.05, 3.63) is 53.1 Å². The van der Waals surface area contributed by atoms with Crippen LogP contribution in [0, 0.1) is 0 Å². The van der Waals surface area contributed by atoms with E-state index in [-0.39, 0.29) is 17.4 Å². The number of nitrogens with one attached hydrogen (secondary N) is 2. The summed E-state index contributed by atoms with van der Waals surface area (Å²) in [5, 5.41) is 2.99. The number of benzene rings is 2. The molecule has 0 aliphatic rings. The number of esters is 1. The monoisotopic (exact) mass is 440 g/mol. The topological polar surface area (TPSA) is 111 Å². The summed E-state index contributed by atoms with van der Waals surface area (Å²) in [6, 6.07) is 9.29. The molecule has 0 saturated heterocycles. The van der Waals surface area contributed by atoms with Crippen molar-refractivity contribution in [2.75, 3.05) is 12.4 Å². The summed E-state index contributed by atoms with van der Waals surface area (Å²) < 4.78 is 37.5. The molecule has 29 heavy (non-hydrogen) atoms. The average Bonchev–Trinajstić information content (AvgIpc) is 2.65. The molecule has 2 N–H and O–H groups in total. The molecule has 1 atom stereocenters. The smallest absolute Gasteiger partial charge is 0.324 e. The molecule has 2 rings (SSSR count). The van der Waals surface area contributed by atoms with E-state index < -0.39 is 22.0 Å². The van der Waals surface area contributed by atoms with Gasteiger partial charge in [-0.25, -0.2) is 8.42 Å². The van der Waals surface area contributed by atoms with Crippen LogP contribution in [0.4, 0.5) is 5.69 Å². The van der Waals surface area contributed by atoms with Gasteiger partial charge in [0.1, 0.15) is 18.4 Å². The molecule has 0 aromatic heterocycles. The Morgan fingerprint density at radius 1 is 1.14 bits per heavy atom. The maximum Gasteiger partial charge on any atom is 0.324 e. The summed E-state index contributed by atoms with van der Waals surface area (Å²) in [4.78, 5) is 23.2. The molecule has 0 unspecified atom stereocenters. The number of halogens is 1. The van der Waals surface area contributed by atoms with Crippen LogP contribution in [-0.2, 0) is 31.0 Å². The van der Waals surface area contributed by atoms with Crippen molar-refractivity contribution in [3.63, 3.8) is 0 Å². The van der Waals surface area contributed by atoms with Gasteiger partial charge in [-0.15, -0.1) is 0 Å². The molecule has 0 saturated carbocycles. The Hall–Kier alpha value is -2.62. The van der Waals surface area contributed by atoms with E-state index >= 15 is 0 Å². The number of rotatable bonds is 8. The highest BCUT2D eigenvalue weighted by molar-refractivity contribution is 7.89. The Morgan fingerprint density at radius 3 is 2.38 bits per heavy atom. The molecule has 0 bridgehead atoms. The van der Waals surface area contributed by atoms with Gasteiger partial charge in [0, 0.05) is 23.2 Å². The van der Waals surface area contributed by atoms with Gasteiger partial charge >= 0.3 is 5.97 Å². The molecule has 0 fully saturated rings. The van der Waals surface area contributed by atoms with E-state index in [0.717, 1.165) is 0 Å². The quantitative estimate of drug-likeness (QED) is 0.610. The van der Waals surface area contributed by atoms with E-state index in [9.17, 15) is 18.0 Å². The van der Waals surface area contributed by atoms with Crippen LogP contribution in [-0.4, -0.2) is 33.4 Å². The molecular weight excluding hydrogens is 420 g/mol. The number of ether oxygens (including phenoxy) is 2. The van der Waals surface area contributed by atoms with Crippen LogP contribution < -0.4 is 14.8 Å². The van der Waals surface area contributed by atoms with Gasteiger partial charge in [-0.2, -0.15) is 4.72 Å². The van der Waals surface area contributed by atoms with Crippen LogP contribution in [0.5, 0.6) is 5.75 Å². The zero-order valence-electron chi connectivity index (χ0n) is 16.1. The van der Waals surface area contributed by atoms with Crippen molar-refractivity contribution < 1.29 is 27.5 Å². The summed E-state index contributed by atoms with van der Waals surface area (Å²) in [6.07, 6.45) is 0. The third-order valence-electron chi connectivity index (χ3n) is 3.78. The van der Waals surface area contributed by atoms with E-state index in [2.05, 4.69) is 10.0 Å². The first-order chi connectivity index (χ1) is 13.6. The zero-order valence-corrected chi connectivity index (χ0v) is 17.6. The molecule has 0 heterocycles. The molecule has 2 aromatic rings. The number of sulfonamides is 1. The summed E-state index contributed by atoms with van der Waals surface area (Å²) in [6.45, 7) is 2.60. The Balaban J connectivity index is 2.01. The SMILES string of the molecule is COc1ccc(Cl)cc1COC(=O)[C@H](C)NS(=O)(=O)c1ccc(NC(C)=O)cc1. The lowest BCUT2D eigenvalue weighted by molar-refractivity contribution is -0.146. The summed E-state index contributed by atoms with van der Waals surface area (Å²) >= 11 is 5.93. The van der Waals surface area contributed by atoms with Crippen molar-refractivity contribution in [2.45, 2.75) is 31.4 Å². The first kappa shape index (κ1) is 22.7. The van der Waals surface area contributed by atoms with E-state index in [1.54, 1.807) is 18.2 Å². The van der Waals surface area contributed by atoms with E-state index in [4.69, 9.17) is 21.1 Å². The molecule has 0 aliphatic heterocycles. The maximum atomic E-state index is 12.5. The lowest BCUT2D eigenvalue weighted by Crippen LogP contribution is -2.39. The molecule has 0 spiro atoms. The van der Waals surface area contributed by atoms with Gasteiger partial charge in [-0.3, -0.25) is 9.59 Å². The van der Waals surface area contributed by atoms with E-state index in [1.807, 2.05) is 0 Å². The number of methoxy groups -OCH3 is 1. The molecule has 2 aromatic carbocycles. The Morgan fingerprint density at radius 2 is 1.79 bits per heavy atom. The largest absolute Gasteiger partial charge is 0.496 e. The van der Waals surface area contributed by atoms with E-state index in [0.29, 0.717) is 22.0 Å². The average molecular weight is 441 g/mol. The van der Waals surface area contributed by atoms with Crippen LogP contribution in [0.25, 0.3) is 0 Å². The van der Waals surface area contributed by atoms with Crippen molar-refractivity contribution in [2.24, 2.45) is 0 Å². The fraction of sp³-hybridized carbons (Fsp3) is 0.263. The second kappa shape index (κ2) is 9.73. The molecule has 0 radical (unpaired) electrons. The van der Waals surface area contributed by atoms with Crippen LogP contribution in [0.2, 0.25) is 5.02 Å². The van der Waals surface area contributed by atoms with Gasteiger partial charge in [0.2, 0.25) is 15.9 Å². The predicted molar refractivity (Wildman–Crippen MR) is 108 cm³/mol. The standard InChI is InChI=1S/C19H21ClN2O6S/c1-12(19(24)28-11-14-10-15(20)4-9-18(14)27-3)22-29(25,26)17-7-5-16(6-8-17)21-13(2)23/h4-10,12,22H,11H2,1-3H3,(H,21,23)/t12-/m0/s1. The number of carbonyl (C=O) groups excluding carboxylic acids is 2. The van der Waals surface area contributed by atoms with Gasteiger partial charge < -0.3 is 14.8 Å². The van der Waals surface area contributed by atoms with Gasteiger partial charge in [0.05, 0.1) is 12.0 Å². The lowest BCUT2D eigenvalue weighted by Gasteiger charge is -2.15. The van der Waals surface area contributed by atoms with Crippen molar-refractivity contribution in [1.82, 2.24) is 4.72 Å². The molecule has 1 amide bonds. The summed E-state index contributed by atoms with van der Waals surface area (Å²) in [7, 11) is -2.49. The maximum absolute atomic E-state index is 12.5. The van der Waals surface area contributed by atoms with Gasteiger partial charge in [-0.05, 0) is 49.4 Å². The summed E-state index contributed by atoms with van der Waals surface area (Å²) in [5.74, 6) is -0.536. The Labute approximate surface area is 174 Å². The van der Waals surface area contributed by atoms with Crippen LogP contribution >= 0.6 is 11.6 Å². The fourth-order valence-corrected chi connectivity index (χ4v) is 3.79. The zero-order chi connectivity index (χ0) is 21.6. The van der Waals surface area contributed by atoms with E-state index in [1.165, 1.54) is 45.2 Å². The fourth-order valence-electron chi connectivity index (χ4n) is 2.40. The first-order valence-corrected chi connectivity index (χ1v) is 10.4. The lowest BCUT2D eigenvalue weighted by atomic mass is 10.2. The van der Waals surface area contributed by atoms with Crippen molar-refractivity contribution >= 4 is 39.2 Å². The van der Waals surface area contributed by atoms with Crippen LogP contribution in [0.15, 0.2) is 47.4 Å². The Bertz CT molecular complexity index is 992. The number of hydrogen-bond acceptors (Lipinski definition) is 6. The van der Waals surface area contributed by atoms with Gasteiger partial charge in [-0.1, -0.05) is 11.6 Å². The summed E-state index contributed by atoms with van der Waals surface area (Å²) in [5.41, 5.74) is 1.01. The molecule has 8 nitrogen and oxygen atoms in total. The highest BCUT2D eigenvalue weighted by Crippen LogP contribution is 2.23. The number of anilines is 1. The number of amides is 1. The minimum atomic E-state index is -3.96. The normalized spacial score (nSPS) is 12.1. The van der Waals surface area contributed by atoms with Gasteiger partial charge in [0.15, 0.2) is 0 Å². The highest BCUT2D eigenvalue weighted by Gasteiger charge is 2.23.